The molecule has 0 aliphatic heterocycles. The highest BCUT2D eigenvalue weighted by molar-refractivity contribution is 7.98. The van der Waals surface area contributed by atoms with Crippen LogP contribution in [0.15, 0.2) is 58.2 Å². The number of rotatable bonds is 7. The zero-order chi connectivity index (χ0) is 17.6. The van der Waals surface area contributed by atoms with Gasteiger partial charge in [-0.05, 0) is 24.6 Å². The number of nitrogens with zero attached hydrogens (tertiary/aromatic N) is 3. The van der Waals surface area contributed by atoms with Crippen LogP contribution in [0.4, 0.5) is 5.69 Å². The first-order chi connectivity index (χ1) is 12.2. The van der Waals surface area contributed by atoms with E-state index in [0.717, 1.165) is 11.1 Å². The molecule has 7 nitrogen and oxygen atoms in total. The van der Waals surface area contributed by atoms with Gasteiger partial charge < -0.3 is 9.15 Å². The molecule has 1 aromatic heterocycles. The second-order valence-electron chi connectivity index (χ2n) is 5.02. The third kappa shape index (κ3) is 4.16. The number of non-ortho nitro benzene ring substituents is 1. The van der Waals surface area contributed by atoms with E-state index >= 15 is 0 Å². The van der Waals surface area contributed by atoms with Gasteiger partial charge in [-0.25, -0.2) is 0 Å². The number of ether oxygens (including phenoxy) is 1. The van der Waals surface area contributed by atoms with Crippen LogP contribution in [0, 0.1) is 10.1 Å². The number of aromatic nitrogens is 2. The van der Waals surface area contributed by atoms with Crippen molar-refractivity contribution in [1.82, 2.24) is 10.2 Å². The predicted octanol–water partition coefficient (Wildman–Crippen LogP) is 4.34. The molecule has 8 heteroatoms. The second kappa shape index (κ2) is 7.80. The Bertz CT molecular complexity index is 882. The Kier molecular flexibility index (Phi) is 5.30. The van der Waals surface area contributed by atoms with E-state index in [9.17, 15) is 10.1 Å². The molecule has 3 rings (SSSR count). The van der Waals surface area contributed by atoms with Gasteiger partial charge in [-0.15, -0.1) is 10.2 Å². The highest BCUT2D eigenvalue weighted by Crippen LogP contribution is 2.31. The van der Waals surface area contributed by atoms with E-state index in [1.54, 1.807) is 6.07 Å². The lowest BCUT2D eigenvalue weighted by Crippen LogP contribution is -1.93. The minimum absolute atomic E-state index is 0.0648. The summed E-state index contributed by atoms with van der Waals surface area (Å²) < 4.78 is 11.3. The fourth-order valence-electron chi connectivity index (χ4n) is 2.21. The average Bonchev–Trinajstić information content (AvgIpc) is 3.10. The van der Waals surface area contributed by atoms with Crippen LogP contribution in [-0.4, -0.2) is 21.7 Å². The summed E-state index contributed by atoms with van der Waals surface area (Å²) in [7, 11) is 0. The molecule has 0 unspecified atom stereocenters. The summed E-state index contributed by atoms with van der Waals surface area (Å²) in [5, 5.41) is 19.3. The van der Waals surface area contributed by atoms with E-state index in [1.807, 2.05) is 37.3 Å². The molecule has 0 radical (unpaired) electrons. The quantitative estimate of drug-likeness (QED) is 0.353. The van der Waals surface area contributed by atoms with Crippen molar-refractivity contribution >= 4 is 17.4 Å². The highest BCUT2D eigenvalue weighted by atomic mass is 32.2. The fourth-order valence-corrected chi connectivity index (χ4v) is 2.91. The minimum Gasteiger partial charge on any atom is -0.493 e. The van der Waals surface area contributed by atoms with Gasteiger partial charge in [-0.2, -0.15) is 0 Å². The molecule has 0 spiro atoms. The largest absolute Gasteiger partial charge is 0.493 e. The van der Waals surface area contributed by atoms with Crippen molar-refractivity contribution in [3.63, 3.8) is 0 Å². The van der Waals surface area contributed by atoms with Crippen molar-refractivity contribution in [2.45, 2.75) is 17.9 Å². The molecule has 0 amide bonds. The first kappa shape index (κ1) is 17.0. The Morgan fingerprint density at radius 2 is 2.04 bits per heavy atom. The monoisotopic (exact) mass is 357 g/mol. The molecule has 0 aliphatic carbocycles. The summed E-state index contributed by atoms with van der Waals surface area (Å²) in [6.45, 7) is 2.45. The number of benzene rings is 2. The van der Waals surface area contributed by atoms with Gasteiger partial charge in [0.2, 0.25) is 0 Å². The predicted molar refractivity (Wildman–Crippen MR) is 93.6 cm³/mol. The molecule has 2 aromatic carbocycles. The molecule has 128 valence electrons. The maximum absolute atomic E-state index is 10.8. The topological polar surface area (TPSA) is 91.3 Å². The smallest absolute Gasteiger partial charge is 0.277 e. The number of hydrogen-bond donors (Lipinski definition) is 0. The average molecular weight is 357 g/mol. The second-order valence-corrected chi connectivity index (χ2v) is 5.94. The maximum atomic E-state index is 10.8. The number of thioether (sulfide) groups is 1. The molecule has 0 saturated carbocycles. The fraction of sp³-hybridized carbons (Fsp3) is 0.176. The van der Waals surface area contributed by atoms with Gasteiger partial charge in [0.15, 0.2) is 0 Å². The first-order valence-corrected chi connectivity index (χ1v) is 8.57. The summed E-state index contributed by atoms with van der Waals surface area (Å²) in [6.07, 6.45) is 0. The van der Waals surface area contributed by atoms with Crippen LogP contribution in [0.5, 0.6) is 5.75 Å². The van der Waals surface area contributed by atoms with Gasteiger partial charge >= 0.3 is 0 Å². The number of nitro benzene ring substituents is 1. The SMILES string of the molecule is CCOc1ccccc1-c1nnc(SCc2cccc([N+](=O)[O-])c2)o1. The molecular weight excluding hydrogens is 342 g/mol. The molecule has 0 aliphatic rings. The minimum atomic E-state index is -0.413. The van der Waals surface area contributed by atoms with Gasteiger partial charge in [-0.3, -0.25) is 10.1 Å². The van der Waals surface area contributed by atoms with Gasteiger partial charge in [0.05, 0.1) is 17.1 Å². The Hall–Kier alpha value is -2.87. The van der Waals surface area contributed by atoms with Crippen LogP contribution < -0.4 is 4.74 Å². The van der Waals surface area contributed by atoms with Crippen molar-refractivity contribution in [3.05, 3.63) is 64.2 Å². The summed E-state index contributed by atoms with van der Waals surface area (Å²) in [5.41, 5.74) is 1.61. The standard InChI is InChI=1S/C17H15N3O4S/c1-2-23-15-9-4-3-8-14(15)16-18-19-17(24-16)25-11-12-6-5-7-13(10-12)20(21)22/h3-10H,2,11H2,1H3. The van der Waals surface area contributed by atoms with Crippen LogP contribution in [0.25, 0.3) is 11.5 Å². The van der Waals surface area contributed by atoms with Crippen LogP contribution in [0.3, 0.4) is 0 Å². The molecule has 0 saturated heterocycles. The maximum Gasteiger partial charge on any atom is 0.277 e. The lowest BCUT2D eigenvalue weighted by atomic mass is 10.2. The van der Waals surface area contributed by atoms with Gasteiger partial charge in [0.25, 0.3) is 16.8 Å². The third-order valence-corrected chi connectivity index (χ3v) is 4.20. The van der Waals surface area contributed by atoms with Crippen molar-refractivity contribution in [2.75, 3.05) is 6.61 Å². The van der Waals surface area contributed by atoms with Crippen LogP contribution >= 0.6 is 11.8 Å². The van der Waals surface area contributed by atoms with Gasteiger partial charge in [-0.1, -0.05) is 36.0 Å². The van der Waals surface area contributed by atoms with E-state index in [0.29, 0.717) is 29.2 Å². The van der Waals surface area contributed by atoms with E-state index in [-0.39, 0.29) is 5.69 Å². The van der Waals surface area contributed by atoms with Crippen LogP contribution in [0.1, 0.15) is 12.5 Å². The van der Waals surface area contributed by atoms with E-state index in [4.69, 9.17) is 9.15 Å². The first-order valence-electron chi connectivity index (χ1n) is 7.59. The number of hydrogen-bond acceptors (Lipinski definition) is 7. The Labute approximate surface area is 148 Å². The Balaban J connectivity index is 1.72. The summed E-state index contributed by atoms with van der Waals surface area (Å²) in [6, 6.07) is 13.9. The summed E-state index contributed by atoms with van der Waals surface area (Å²) in [4.78, 5) is 10.4. The van der Waals surface area contributed by atoms with E-state index < -0.39 is 4.92 Å². The molecule has 3 aromatic rings. The third-order valence-electron chi connectivity index (χ3n) is 3.31. The molecular formula is C17H15N3O4S. The molecule has 0 bridgehead atoms. The van der Waals surface area contributed by atoms with Crippen LogP contribution in [0.2, 0.25) is 0 Å². The molecule has 25 heavy (non-hydrogen) atoms. The molecule has 1 heterocycles. The summed E-state index contributed by atoms with van der Waals surface area (Å²) in [5.74, 6) is 1.56. The normalized spacial score (nSPS) is 10.6. The lowest BCUT2D eigenvalue weighted by Gasteiger charge is -2.06. The van der Waals surface area contributed by atoms with Crippen LogP contribution in [-0.2, 0) is 5.75 Å². The molecule has 0 atom stereocenters. The number of nitro groups is 1. The summed E-state index contributed by atoms with van der Waals surface area (Å²) >= 11 is 1.32. The van der Waals surface area contributed by atoms with Crippen molar-refractivity contribution in [3.8, 4) is 17.2 Å². The van der Waals surface area contributed by atoms with Gasteiger partial charge in [0.1, 0.15) is 5.75 Å². The zero-order valence-electron chi connectivity index (χ0n) is 13.4. The zero-order valence-corrected chi connectivity index (χ0v) is 14.2. The Morgan fingerprint density at radius 3 is 2.84 bits per heavy atom. The molecule has 0 N–H and O–H groups in total. The van der Waals surface area contributed by atoms with Crippen molar-refractivity contribution in [1.29, 1.82) is 0 Å². The van der Waals surface area contributed by atoms with Gasteiger partial charge in [0, 0.05) is 17.9 Å². The highest BCUT2D eigenvalue weighted by Gasteiger charge is 2.14. The number of para-hydroxylation sites is 1. The molecule has 0 fully saturated rings. The Morgan fingerprint density at radius 1 is 1.20 bits per heavy atom. The lowest BCUT2D eigenvalue weighted by molar-refractivity contribution is -0.384. The van der Waals surface area contributed by atoms with E-state index in [1.165, 1.54) is 23.9 Å². The van der Waals surface area contributed by atoms with Crippen molar-refractivity contribution in [2.24, 2.45) is 0 Å². The van der Waals surface area contributed by atoms with Crippen molar-refractivity contribution < 1.29 is 14.1 Å². The van der Waals surface area contributed by atoms with E-state index in [2.05, 4.69) is 10.2 Å².